The molecule has 0 aliphatic carbocycles. The Balaban J connectivity index is 1.45. The van der Waals surface area contributed by atoms with Crippen molar-refractivity contribution in [3.8, 4) is 5.75 Å². The summed E-state index contributed by atoms with van der Waals surface area (Å²) in [6.07, 6.45) is 2.23. The highest BCUT2D eigenvalue weighted by Crippen LogP contribution is 2.32. The lowest BCUT2D eigenvalue weighted by atomic mass is 10.1. The number of carbonyl (C=O) groups is 2. The zero-order valence-electron chi connectivity index (χ0n) is 22.6. The van der Waals surface area contributed by atoms with Gasteiger partial charge in [0.2, 0.25) is 5.95 Å². The highest BCUT2D eigenvalue weighted by atomic mass is 35.5. The molecule has 0 spiro atoms. The summed E-state index contributed by atoms with van der Waals surface area (Å²) in [4.78, 5) is 31.7. The predicted octanol–water partition coefficient (Wildman–Crippen LogP) is 5.57. The third kappa shape index (κ3) is 7.81. The first-order valence-corrected chi connectivity index (χ1v) is 13.0. The number of nitrogens with one attached hydrogen (secondary N) is 5. The highest BCUT2D eigenvalue weighted by Gasteiger charge is 2.14. The van der Waals surface area contributed by atoms with E-state index in [2.05, 4.69) is 43.1 Å². The lowest BCUT2D eigenvalue weighted by Gasteiger charge is -2.15. The Bertz CT molecular complexity index is 1540. The molecule has 1 aromatic heterocycles. The van der Waals surface area contributed by atoms with Crippen molar-refractivity contribution >= 4 is 58.3 Å². The van der Waals surface area contributed by atoms with Gasteiger partial charge in [0.15, 0.2) is 5.82 Å². The lowest BCUT2D eigenvalue weighted by Crippen LogP contribution is -2.19. The van der Waals surface area contributed by atoms with E-state index in [-0.39, 0.29) is 11.9 Å². The fourth-order valence-corrected chi connectivity index (χ4v) is 3.98. The van der Waals surface area contributed by atoms with Crippen LogP contribution in [-0.4, -0.2) is 42.9 Å². The summed E-state index contributed by atoms with van der Waals surface area (Å²) in [7, 11) is 3.15. The number of hydrogen-bond donors (Lipinski definition) is 5. The molecule has 0 aliphatic heterocycles. The summed E-state index contributed by atoms with van der Waals surface area (Å²) in [5, 5.41) is 15.7. The van der Waals surface area contributed by atoms with Gasteiger partial charge in [-0.1, -0.05) is 42.4 Å². The van der Waals surface area contributed by atoms with E-state index in [9.17, 15) is 9.59 Å². The molecular formula is C30H30ClN7O3. The third-order valence-electron chi connectivity index (χ3n) is 5.93. The minimum absolute atomic E-state index is 0.235. The molecule has 41 heavy (non-hydrogen) atoms. The monoisotopic (exact) mass is 571 g/mol. The van der Waals surface area contributed by atoms with E-state index in [1.54, 1.807) is 32.4 Å². The first kappa shape index (κ1) is 29.1. The molecule has 0 radical (unpaired) electrons. The summed E-state index contributed by atoms with van der Waals surface area (Å²) in [6, 6.07) is 20.6. The topological polar surface area (TPSA) is 129 Å². The van der Waals surface area contributed by atoms with Crippen LogP contribution in [0.3, 0.4) is 0 Å². The van der Waals surface area contributed by atoms with Gasteiger partial charge in [-0.3, -0.25) is 9.59 Å². The van der Waals surface area contributed by atoms with Crippen LogP contribution in [0.15, 0.2) is 85.1 Å². The third-order valence-corrected chi connectivity index (χ3v) is 6.21. The quantitative estimate of drug-likeness (QED) is 0.103. The van der Waals surface area contributed by atoms with Gasteiger partial charge < -0.3 is 31.3 Å². The number of hydrogen-bond acceptors (Lipinski definition) is 9. The molecule has 210 valence electrons. The molecule has 1 amide bonds. The molecule has 0 fully saturated rings. The van der Waals surface area contributed by atoms with Crippen LogP contribution in [0.4, 0.5) is 34.5 Å². The summed E-state index contributed by atoms with van der Waals surface area (Å²) in [6.45, 7) is 4.74. The number of ether oxygens (including phenoxy) is 1. The van der Waals surface area contributed by atoms with E-state index < -0.39 is 0 Å². The number of carbonyl (C=O) groups excluding carboxylic acids is 2. The van der Waals surface area contributed by atoms with E-state index in [4.69, 9.17) is 16.3 Å². The number of aldehydes is 1. The minimum atomic E-state index is -0.235. The molecule has 0 saturated heterocycles. The highest BCUT2D eigenvalue weighted by molar-refractivity contribution is 6.33. The van der Waals surface area contributed by atoms with Crippen molar-refractivity contribution in [2.24, 2.45) is 0 Å². The first-order valence-electron chi connectivity index (χ1n) is 12.7. The van der Waals surface area contributed by atoms with Crippen molar-refractivity contribution in [1.29, 1.82) is 0 Å². The zero-order chi connectivity index (χ0) is 29.2. The van der Waals surface area contributed by atoms with Crippen molar-refractivity contribution < 1.29 is 14.3 Å². The SMILES string of the molecule is C=C(C=O)CNCc1ccc(Nc2ccc(Nc3ncc(Cl)c(Nc4ccccc4C(=O)NC)n3)c(OC)c2)cc1. The average Bonchev–Trinajstić information content (AvgIpc) is 3.00. The van der Waals surface area contributed by atoms with Crippen LogP contribution in [0.2, 0.25) is 5.02 Å². The van der Waals surface area contributed by atoms with Crippen LogP contribution in [0.1, 0.15) is 15.9 Å². The van der Waals surface area contributed by atoms with E-state index in [1.165, 1.54) is 6.20 Å². The Morgan fingerprint density at radius 3 is 2.49 bits per heavy atom. The average molecular weight is 572 g/mol. The largest absolute Gasteiger partial charge is 0.494 e. The van der Waals surface area contributed by atoms with Gasteiger partial charge >= 0.3 is 0 Å². The molecule has 11 heteroatoms. The second kappa shape index (κ2) is 13.9. The molecule has 3 aromatic carbocycles. The number of nitrogens with zero attached hydrogens (tertiary/aromatic N) is 2. The van der Waals surface area contributed by atoms with E-state index >= 15 is 0 Å². The van der Waals surface area contributed by atoms with Gasteiger partial charge in [-0.25, -0.2) is 4.98 Å². The smallest absolute Gasteiger partial charge is 0.253 e. The van der Waals surface area contributed by atoms with Crippen LogP contribution in [0.25, 0.3) is 0 Å². The molecule has 0 bridgehead atoms. The number of anilines is 6. The van der Waals surface area contributed by atoms with Crippen molar-refractivity contribution in [2.45, 2.75) is 6.54 Å². The molecule has 5 N–H and O–H groups in total. The lowest BCUT2D eigenvalue weighted by molar-refractivity contribution is -0.104. The standard InChI is InChI=1S/C30H30ClN7O3/c1-19(18-39)15-33-16-20-8-10-21(11-9-20)35-22-12-13-26(27(14-22)41-3)37-30-34-17-24(31)28(38-30)36-25-7-5-4-6-23(25)29(40)32-2/h4-14,17-18,33,35H,1,15-16H2,2-3H3,(H,32,40)(H2,34,36,37,38). The maximum absolute atomic E-state index is 12.3. The second-order valence-electron chi connectivity index (χ2n) is 8.88. The second-order valence-corrected chi connectivity index (χ2v) is 9.29. The van der Waals surface area contributed by atoms with E-state index in [0.717, 1.165) is 23.2 Å². The van der Waals surface area contributed by atoms with Gasteiger partial charge in [0.05, 0.1) is 30.2 Å². The van der Waals surface area contributed by atoms with Crippen molar-refractivity contribution in [1.82, 2.24) is 20.6 Å². The van der Waals surface area contributed by atoms with E-state index in [1.807, 2.05) is 48.5 Å². The molecule has 4 aromatic rings. The first-order chi connectivity index (χ1) is 19.9. The number of halogens is 1. The molecule has 4 rings (SSSR count). The maximum atomic E-state index is 12.3. The van der Waals surface area contributed by atoms with Crippen LogP contribution in [-0.2, 0) is 11.3 Å². The van der Waals surface area contributed by atoms with Gasteiger partial charge in [-0.05, 0) is 47.5 Å². The van der Waals surface area contributed by atoms with Gasteiger partial charge in [-0.2, -0.15) is 4.98 Å². The summed E-state index contributed by atoms with van der Waals surface area (Å²) >= 11 is 6.36. The maximum Gasteiger partial charge on any atom is 0.253 e. The van der Waals surface area contributed by atoms with Crippen LogP contribution in [0, 0.1) is 0 Å². The predicted molar refractivity (Wildman–Crippen MR) is 163 cm³/mol. The van der Waals surface area contributed by atoms with Crippen LogP contribution >= 0.6 is 11.6 Å². The number of aromatic nitrogens is 2. The molecule has 0 atom stereocenters. The summed E-state index contributed by atoms with van der Waals surface area (Å²) < 4.78 is 5.61. The molecule has 0 unspecified atom stereocenters. The summed E-state index contributed by atoms with van der Waals surface area (Å²) in [5.41, 5.74) is 4.98. The van der Waals surface area contributed by atoms with E-state index in [0.29, 0.717) is 52.2 Å². The van der Waals surface area contributed by atoms with Crippen molar-refractivity contribution in [3.05, 3.63) is 101 Å². The molecule has 0 aliphatic rings. The Labute approximate surface area is 243 Å². The van der Waals surface area contributed by atoms with Gasteiger partial charge in [0, 0.05) is 37.6 Å². The Morgan fingerprint density at radius 2 is 1.76 bits per heavy atom. The number of methoxy groups -OCH3 is 1. The normalized spacial score (nSPS) is 10.4. The number of amides is 1. The van der Waals surface area contributed by atoms with Gasteiger partial charge in [-0.15, -0.1) is 0 Å². The Hall–Kier alpha value is -4.93. The Kier molecular flexibility index (Phi) is 9.87. The fourth-order valence-electron chi connectivity index (χ4n) is 3.84. The number of rotatable bonds is 13. The molecule has 0 saturated carbocycles. The molecule has 10 nitrogen and oxygen atoms in total. The summed E-state index contributed by atoms with van der Waals surface area (Å²) in [5.74, 6) is 0.962. The number of para-hydroxylation sites is 1. The minimum Gasteiger partial charge on any atom is -0.494 e. The van der Waals surface area contributed by atoms with Gasteiger partial charge in [0.1, 0.15) is 17.1 Å². The zero-order valence-corrected chi connectivity index (χ0v) is 23.4. The molecule has 1 heterocycles. The van der Waals surface area contributed by atoms with Crippen LogP contribution in [0.5, 0.6) is 5.75 Å². The number of benzene rings is 3. The fraction of sp³-hybridized carbons (Fsp3) is 0.133. The van der Waals surface area contributed by atoms with Crippen molar-refractivity contribution in [2.75, 3.05) is 36.7 Å². The van der Waals surface area contributed by atoms with Gasteiger partial charge in [0.25, 0.3) is 5.91 Å². The van der Waals surface area contributed by atoms with Crippen LogP contribution < -0.4 is 31.3 Å². The molecular weight excluding hydrogens is 542 g/mol. The van der Waals surface area contributed by atoms with Crippen molar-refractivity contribution in [3.63, 3.8) is 0 Å². The Morgan fingerprint density at radius 1 is 1.00 bits per heavy atom.